The Kier molecular flexibility index (Phi) is 3.94. The summed E-state index contributed by atoms with van der Waals surface area (Å²) in [4.78, 5) is 16.3. The van der Waals surface area contributed by atoms with Crippen LogP contribution in [0.1, 0.15) is 25.3 Å². The summed E-state index contributed by atoms with van der Waals surface area (Å²) in [6.45, 7) is 4.20. The van der Waals surface area contributed by atoms with E-state index < -0.39 is 0 Å². The van der Waals surface area contributed by atoms with E-state index in [0.717, 1.165) is 10.5 Å². The lowest BCUT2D eigenvalue weighted by molar-refractivity contribution is 0.467. The first kappa shape index (κ1) is 14.7. The predicted molar refractivity (Wildman–Crippen MR) is 90.9 cm³/mol. The number of aromatic amines is 1. The van der Waals surface area contributed by atoms with Gasteiger partial charge >= 0.3 is 0 Å². The van der Waals surface area contributed by atoms with E-state index in [1.165, 1.54) is 11.8 Å². The molecule has 0 aliphatic heterocycles. The maximum absolute atomic E-state index is 12.2. The Balaban J connectivity index is 2.16. The zero-order valence-corrected chi connectivity index (χ0v) is 13.3. The number of H-pyrrole nitrogens is 1. The Bertz CT molecular complexity index is 869. The third-order valence-electron chi connectivity index (χ3n) is 3.60. The van der Waals surface area contributed by atoms with Gasteiger partial charge in [0.25, 0.3) is 5.56 Å². The molecule has 3 nitrogen and oxygen atoms in total. The standard InChI is InChI=1S/C18H17NO2S/c1-11(2)12-8-9-15-14(10-12)16(20)17(18(21)19-15)22-13-6-4-3-5-7-13/h3-11H,1-2H3,(H2,19,20,21). The van der Waals surface area contributed by atoms with Crippen molar-refractivity contribution in [1.82, 2.24) is 4.98 Å². The van der Waals surface area contributed by atoms with E-state index >= 15 is 0 Å². The highest BCUT2D eigenvalue weighted by atomic mass is 32.2. The number of aromatic nitrogens is 1. The number of pyridine rings is 1. The van der Waals surface area contributed by atoms with Crippen LogP contribution in [0.4, 0.5) is 0 Å². The maximum Gasteiger partial charge on any atom is 0.266 e. The number of hydrogen-bond acceptors (Lipinski definition) is 3. The molecule has 0 bridgehead atoms. The Labute approximate surface area is 133 Å². The van der Waals surface area contributed by atoms with Gasteiger partial charge < -0.3 is 10.1 Å². The monoisotopic (exact) mass is 311 g/mol. The van der Waals surface area contributed by atoms with E-state index in [4.69, 9.17) is 0 Å². The van der Waals surface area contributed by atoms with Gasteiger partial charge in [0.15, 0.2) is 0 Å². The second kappa shape index (κ2) is 5.89. The first-order valence-corrected chi connectivity index (χ1v) is 7.99. The second-order valence-electron chi connectivity index (χ2n) is 5.51. The lowest BCUT2D eigenvalue weighted by Gasteiger charge is -2.10. The van der Waals surface area contributed by atoms with E-state index in [-0.39, 0.29) is 11.3 Å². The van der Waals surface area contributed by atoms with Gasteiger partial charge in [0.1, 0.15) is 10.6 Å². The number of fused-ring (bicyclic) bond motifs is 1. The third kappa shape index (κ3) is 2.74. The quantitative estimate of drug-likeness (QED) is 0.748. The van der Waals surface area contributed by atoms with Crippen LogP contribution in [0.15, 0.2) is 63.1 Å². The smallest absolute Gasteiger partial charge is 0.266 e. The SMILES string of the molecule is CC(C)c1ccc2[nH]c(=O)c(Sc3ccccc3)c(O)c2c1. The van der Waals surface area contributed by atoms with Crippen LogP contribution in [0.2, 0.25) is 0 Å². The molecule has 0 amide bonds. The fraction of sp³-hybridized carbons (Fsp3) is 0.167. The van der Waals surface area contributed by atoms with Crippen molar-refractivity contribution in [2.24, 2.45) is 0 Å². The average molecular weight is 311 g/mol. The normalized spacial score (nSPS) is 11.2. The fourth-order valence-electron chi connectivity index (χ4n) is 2.34. The molecule has 0 saturated carbocycles. The Morgan fingerprint density at radius 2 is 1.82 bits per heavy atom. The second-order valence-corrected chi connectivity index (χ2v) is 6.59. The van der Waals surface area contributed by atoms with Gasteiger partial charge in [0, 0.05) is 10.3 Å². The molecule has 0 aliphatic carbocycles. The number of hydrogen-bond donors (Lipinski definition) is 2. The van der Waals surface area contributed by atoms with E-state index in [2.05, 4.69) is 18.8 Å². The minimum absolute atomic E-state index is 0.0510. The van der Waals surface area contributed by atoms with Crippen molar-refractivity contribution in [3.63, 3.8) is 0 Å². The van der Waals surface area contributed by atoms with E-state index in [0.29, 0.717) is 21.7 Å². The van der Waals surface area contributed by atoms with Gasteiger partial charge in [-0.3, -0.25) is 4.79 Å². The van der Waals surface area contributed by atoms with Crippen LogP contribution in [0, 0.1) is 0 Å². The summed E-state index contributed by atoms with van der Waals surface area (Å²) < 4.78 is 0. The topological polar surface area (TPSA) is 53.1 Å². The third-order valence-corrected chi connectivity index (χ3v) is 4.69. The molecule has 0 unspecified atom stereocenters. The van der Waals surface area contributed by atoms with Crippen LogP contribution >= 0.6 is 11.8 Å². The van der Waals surface area contributed by atoms with E-state index in [9.17, 15) is 9.90 Å². The first-order valence-electron chi connectivity index (χ1n) is 7.18. The molecule has 1 heterocycles. The zero-order chi connectivity index (χ0) is 15.7. The van der Waals surface area contributed by atoms with Crippen LogP contribution in [-0.4, -0.2) is 10.1 Å². The highest BCUT2D eigenvalue weighted by Gasteiger charge is 2.14. The predicted octanol–water partition coefficient (Wildman–Crippen LogP) is 4.51. The highest BCUT2D eigenvalue weighted by Crippen LogP contribution is 2.36. The molecule has 2 N–H and O–H groups in total. The Morgan fingerprint density at radius 1 is 1.09 bits per heavy atom. The summed E-state index contributed by atoms with van der Waals surface area (Å²) >= 11 is 1.28. The molecule has 1 aromatic heterocycles. The molecule has 2 aromatic carbocycles. The molecular weight excluding hydrogens is 294 g/mol. The first-order chi connectivity index (χ1) is 10.6. The largest absolute Gasteiger partial charge is 0.506 e. The number of benzene rings is 2. The van der Waals surface area contributed by atoms with Crippen LogP contribution in [0.3, 0.4) is 0 Å². The molecule has 4 heteroatoms. The van der Waals surface area contributed by atoms with Crippen molar-refractivity contribution in [1.29, 1.82) is 0 Å². The molecule has 3 aromatic rings. The van der Waals surface area contributed by atoms with Crippen molar-refractivity contribution in [3.8, 4) is 5.75 Å². The summed E-state index contributed by atoms with van der Waals surface area (Å²) in [5, 5.41) is 11.2. The molecule has 0 aliphatic rings. The summed E-state index contributed by atoms with van der Waals surface area (Å²) in [6, 6.07) is 15.3. The van der Waals surface area contributed by atoms with Crippen molar-refractivity contribution >= 4 is 22.7 Å². The molecule has 0 atom stereocenters. The summed E-state index contributed by atoms with van der Waals surface area (Å²) in [6.07, 6.45) is 0. The van der Waals surface area contributed by atoms with Crippen LogP contribution < -0.4 is 5.56 Å². The van der Waals surface area contributed by atoms with Crippen LogP contribution in [0.5, 0.6) is 5.75 Å². The lowest BCUT2D eigenvalue weighted by Crippen LogP contribution is -2.08. The lowest BCUT2D eigenvalue weighted by atomic mass is 10.0. The molecule has 22 heavy (non-hydrogen) atoms. The van der Waals surface area contributed by atoms with Crippen LogP contribution in [-0.2, 0) is 0 Å². The molecule has 3 rings (SSSR count). The van der Waals surface area contributed by atoms with Crippen molar-refractivity contribution in [2.45, 2.75) is 29.6 Å². The molecule has 0 saturated heterocycles. The molecule has 112 valence electrons. The maximum atomic E-state index is 12.2. The summed E-state index contributed by atoms with van der Waals surface area (Å²) in [7, 11) is 0. The molecular formula is C18H17NO2S. The zero-order valence-electron chi connectivity index (χ0n) is 12.5. The molecule has 0 fully saturated rings. The highest BCUT2D eigenvalue weighted by molar-refractivity contribution is 7.99. The van der Waals surface area contributed by atoms with Gasteiger partial charge in [0.2, 0.25) is 0 Å². The van der Waals surface area contributed by atoms with Crippen LogP contribution in [0.25, 0.3) is 10.9 Å². The molecule has 0 radical (unpaired) electrons. The number of aromatic hydroxyl groups is 1. The van der Waals surface area contributed by atoms with Gasteiger partial charge in [-0.25, -0.2) is 0 Å². The van der Waals surface area contributed by atoms with Gasteiger partial charge in [-0.2, -0.15) is 0 Å². The van der Waals surface area contributed by atoms with E-state index in [1.807, 2.05) is 48.5 Å². The van der Waals surface area contributed by atoms with Crippen molar-refractivity contribution in [3.05, 3.63) is 64.4 Å². The van der Waals surface area contributed by atoms with Crippen molar-refractivity contribution in [2.75, 3.05) is 0 Å². The summed E-state index contributed by atoms with van der Waals surface area (Å²) in [5.41, 5.74) is 1.52. The fourth-order valence-corrected chi connectivity index (χ4v) is 3.22. The van der Waals surface area contributed by atoms with E-state index in [1.54, 1.807) is 0 Å². The minimum atomic E-state index is -0.267. The molecule has 0 spiro atoms. The Hall–Kier alpha value is -2.20. The average Bonchev–Trinajstić information content (AvgIpc) is 2.52. The van der Waals surface area contributed by atoms with Crippen molar-refractivity contribution < 1.29 is 5.11 Å². The van der Waals surface area contributed by atoms with Gasteiger partial charge in [0.05, 0.1) is 5.52 Å². The number of rotatable bonds is 3. The van der Waals surface area contributed by atoms with Gasteiger partial charge in [-0.1, -0.05) is 49.9 Å². The minimum Gasteiger partial charge on any atom is -0.506 e. The van der Waals surface area contributed by atoms with Gasteiger partial charge in [-0.15, -0.1) is 0 Å². The Morgan fingerprint density at radius 3 is 2.50 bits per heavy atom. The summed E-state index contributed by atoms with van der Waals surface area (Å²) in [5.74, 6) is 0.413. The van der Waals surface area contributed by atoms with Gasteiger partial charge in [-0.05, 0) is 35.7 Å². The number of nitrogens with one attached hydrogen (secondary N) is 1.